The Morgan fingerprint density at radius 1 is 1.30 bits per heavy atom. The lowest BCUT2D eigenvalue weighted by atomic mass is 9.95. The molecule has 0 amide bonds. The van der Waals surface area contributed by atoms with Gasteiger partial charge in [-0.2, -0.15) is 0 Å². The number of aromatic amines is 1. The zero-order chi connectivity index (χ0) is 19.2. The van der Waals surface area contributed by atoms with Crippen LogP contribution in [0.2, 0.25) is 0 Å². The maximum atomic E-state index is 12.4. The smallest absolute Gasteiger partial charge is 0.328 e. The Morgan fingerprint density at radius 2 is 2.07 bits per heavy atom. The molecule has 1 aromatic carbocycles. The molecule has 1 N–H and O–H groups in total. The number of rotatable bonds is 9. The van der Waals surface area contributed by atoms with Crippen molar-refractivity contribution in [3.05, 3.63) is 47.8 Å². The van der Waals surface area contributed by atoms with E-state index in [4.69, 9.17) is 4.74 Å². The van der Waals surface area contributed by atoms with Crippen LogP contribution in [0.1, 0.15) is 49.8 Å². The fourth-order valence-corrected chi connectivity index (χ4v) is 3.94. The molecule has 5 nitrogen and oxygen atoms in total. The van der Waals surface area contributed by atoms with Gasteiger partial charge in [-0.25, -0.2) is 4.79 Å². The maximum Gasteiger partial charge on any atom is 0.328 e. The first-order chi connectivity index (χ1) is 13.2. The average molecular weight is 368 g/mol. The van der Waals surface area contributed by atoms with E-state index >= 15 is 0 Å². The van der Waals surface area contributed by atoms with E-state index in [2.05, 4.69) is 28.6 Å². The molecule has 1 atom stereocenters. The molecule has 0 spiro atoms. The van der Waals surface area contributed by atoms with Crippen LogP contribution in [0.5, 0.6) is 0 Å². The molecule has 2 aromatic rings. The number of methoxy groups -OCH3 is 1. The van der Waals surface area contributed by atoms with Gasteiger partial charge in [0.25, 0.3) is 0 Å². The maximum absolute atomic E-state index is 12.4. The lowest BCUT2D eigenvalue weighted by Gasteiger charge is -2.37. The van der Waals surface area contributed by atoms with Gasteiger partial charge in [-0.1, -0.05) is 37.6 Å². The average Bonchev–Trinajstić information content (AvgIpc) is 3.06. The second kappa shape index (κ2) is 8.89. The van der Waals surface area contributed by atoms with Gasteiger partial charge in [0.1, 0.15) is 12.3 Å². The van der Waals surface area contributed by atoms with Crippen LogP contribution in [0.15, 0.2) is 36.5 Å². The summed E-state index contributed by atoms with van der Waals surface area (Å²) in [5, 5.41) is 1.18. The monoisotopic (exact) mass is 368 g/mol. The molecule has 1 aliphatic rings. The lowest BCUT2D eigenvalue weighted by Crippen LogP contribution is -2.45. The molecule has 0 saturated heterocycles. The summed E-state index contributed by atoms with van der Waals surface area (Å²) in [5.41, 5.74) is 4.45. The third kappa shape index (κ3) is 4.24. The molecular weight excluding hydrogens is 340 g/mol. The van der Waals surface area contributed by atoms with Crippen LogP contribution in [0.3, 0.4) is 0 Å². The van der Waals surface area contributed by atoms with E-state index in [0.29, 0.717) is 19.4 Å². The molecule has 0 bridgehead atoms. The summed E-state index contributed by atoms with van der Waals surface area (Å²) >= 11 is 0. The van der Waals surface area contributed by atoms with Gasteiger partial charge < -0.3 is 19.4 Å². The van der Waals surface area contributed by atoms with E-state index in [1.165, 1.54) is 18.1 Å². The summed E-state index contributed by atoms with van der Waals surface area (Å²) in [6, 6.07) is 7.88. The van der Waals surface area contributed by atoms with Crippen molar-refractivity contribution in [2.75, 3.05) is 7.11 Å². The molecule has 1 aromatic heterocycles. The number of allylic oxidation sites excluding steroid dienone is 1. The normalized spacial score (nSPS) is 16.2. The minimum absolute atomic E-state index is 0.210. The number of carbonyl (C=O) groups excluding carboxylic acids is 2. The highest BCUT2D eigenvalue weighted by Crippen LogP contribution is 2.33. The van der Waals surface area contributed by atoms with Crippen LogP contribution < -0.4 is 0 Å². The van der Waals surface area contributed by atoms with Crippen molar-refractivity contribution < 1.29 is 14.3 Å². The molecule has 2 heterocycles. The molecule has 0 aliphatic carbocycles. The Hall–Kier alpha value is -2.56. The van der Waals surface area contributed by atoms with E-state index in [1.807, 2.05) is 12.1 Å². The number of carbonyl (C=O) groups is 2. The lowest BCUT2D eigenvalue weighted by molar-refractivity contribution is -0.146. The third-order valence-electron chi connectivity index (χ3n) is 5.42. The number of aldehydes is 1. The SMILES string of the molecule is C=C(CCCCCCC=O)N1Cc2[nH]c3ccccc3c2CC1C(=O)OC. The predicted molar refractivity (Wildman–Crippen MR) is 106 cm³/mol. The van der Waals surface area contributed by atoms with Gasteiger partial charge in [-0.05, 0) is 30.9 Å². The van der Waals surface area contributed by atoms with Crippen LogP contribution in [-0.2, 0) is 27.3 Å². The van der Waals surface area contributed by atoms with E-state index < -0.39 is 0 Å². The number of nitrogens with zero attached hydrogens (tertiary/aromatic N) is 1. The van der Waals surface area contributed by atoms with E-state index in [0.717, 1.165) is 55.3 Å². The molecule has 0 radical (unpaired) electrons. The quantitative estimate of drug-likeness (QED) is 0.411. The number of unbranched alkanes of at least 4 members (excludes halogenated alkanes) is 4. The van der Waals surface area contributed by atoms with Gasteiger partial charge in [0.2, 0.25) is 0 Å². The number of aromatic nitrogens is 1. The summed E-state index contributed by atoms with van der Waals surface area (Å²) in [6.45, 7) is 4.90. The minimum atomic E-state index is -0.329. The van der Waals surface area contributed by atoms with E-state index in [1.54, 1.807) is 0 Å². The second-order valence-corrected chi connectivity index (χ2v) is 7.18. The molecule has 1 aliphatic heterocycles. The number of benzene rings is 1. The Morgan fingerprint density at radius 3 is 2.85 bits per heavy atom. The first-order valence-electron chi connectivity index (χ1n) is 9.70. The van der Waals surface area contributed by atoms with Crippen molar-refractivity contribution in [2.45, 2.75) is 57.5 Å². The van der Waals surface area contributed by atoms with Crippen LogP contribution >= 0.6 is 0 Å². The molecule has 1 unspecified atom stereocenters. The van der Waals surface area contributed by atoms with Crippen LogP contribution in [0.4, 0.5) is 0 Å². The number of esters is 1. The second-order valence-electron chi connectivity index (χ2n) is 7.18. The Labute approximate surface area is 160 Å². The Balaban J connectivity index is 1.71. The summed E-state index contributed by atoms with van der Waals surface area (Å²) in [5.74, 6) is -0.210. The molecule has 0 fully saturated rings. The number of ether oxygens (including phenoxy) is 1. The summed E-state index contributed by atoms with van der Waals surface area (Å²) in [7, 11) is 1.45. The highest BCUT2D eigenvalue weighted by Gasteiger charge is 2.34. The Kier molecular flexibility index (Phi) is 6.32. The summed E-state index contributed by atoms with van der Waals surface area (Å²) < 4.78 is 5.08. The van der Waals surface area contributed by atoms with Crippen molar-refractivity contribution in [1.82, 2.24) is 9.88 Å². The first-order valence-corrected chi connectivity index (χ1v) is 9.70. The standard InChI is InChI=1S/C22H28N2O3/c1-16(10-6-4-3-5-9-13-25)24-15-20-18(14-21(24)22(26)27-2)17-11-7-8-12-19(17)23-20/h7-8,11-13,21,23H,1,3-6,9-10,14-15H2,2H3. The summed E-state index contributed by atoms with van der Waals surface area (Å²) in [6.07, 6.45) is 7.19. The zero-order valence-electron chi connectivity index (χ0n) is 16.0. The highest BCUT2D eigenvalue weighted by molar-refractivity contribution is 5.86. The largest absolute Gasteiger partial charge is 0.467 e. The van der Waals surface area contributed by atoms with Gasteiger partial charge in [-0.15, -0.1) is 0 Å². The molecule has 144 valence electrons. The fraction of sp³-hybridized carbons (Fsp3) is 0.455. The number of nitrogens with one attached hydrogen (secondary N) is 1. The van der Waals surface area contributed by atoms with Crippen molar-refractivity contribution in [1.29, 1.82) is 0 Å². The van der Waals surface area contributed by atoms with Crippen molar-refractivity contribution in [3.8, 4) is 0 Å². The summed E-state index contributed by atoms with van der Waals surface area (Å²) in [4.78, 5) is 28.4. The van der Waals surface area contributed by atoms with Gasteiger partial charge in [-0.3, -0.25) is 0 Å². The van der Waals surface area contributed by atoms with Gasteiger partial charge in [0, 0.05) is 35.1 Å². The highest BCUT2D eigenvalue weighted by atomic mass is 16.5. The number of hydrogen-bond acceptors (Lipinski definition) is 4. The fourth-order valence-electron chi connectivity index (χ4n) is 3.94. The van der Waals surface area contributed by atoms with E-state index in [9.17, 15) is 9.59 Å². The van der Waals surface area contributed by atoms with Crippen LogP contribution in [0, 0.1) is 0 Å². The van der Waals surface area contributed by atoms with Crippen molar-refractivity contribution >= 4 is 23.2 Å². The van der Waals surface area contributed by atoms with Crippen LogP contribution in [-0.4, -0.2) is 35.3 Å². The van der Waals surface area contributed by atoms with Crippen molar-refractivity contribution in [3.63, 3.8) is 0 Å². The number of fused-ring (bicyclic) bond motifs is 3. The van der Waals surface area contributed by atoms with Crippen molar-refractivity contribution in [2.24, 2.45) is 0 Å². The van der Waals surface area contributed by atoms with Gasteiger partial charge in [0.15, 0.2) is 0 Å². The molecular formula is C22H28N2O3. The molecule has 27 heavy (non-hydrogen) atoms. The van der Waals surface area contributed by atoms with Gasteiger partial charge in [0.05, 0.1) is 13.7 Å². The molecule has 5 heteroatoms. The Bertz CT molecular complexity index is 824. The number of H-pyrrole nitrogens is 1. The molecule has 0 saturated carbocycles. The first kappa shape index (κ1) is 19.2. The van der Waals surface area contributed by atoms with Gasteiger partial charge >= 0.3 is 5.97 Å². The predicted octanol–water partition coefficient (Wildman–Crippen LogP) is 4.12. The van der Waals surface area contributed by atoms with Crippen LogP contribution in [0.25, 0.3) is 10.9 Å². The zero-order valence-corrected chi connectivity index (χ0v) is 16.0. The minimum Gasteiger partial charge on any atom is -0.467 e. The third-order valence-corrected chi connectivity index (χ3v) is 5.42. The topological polar surface area (TPSA) is 62.4 Å². The van der Waals surface area contributed by atoms with E-state index in [-0.39, 0.29) is 12.0 Å². The number of para-hydroxylation sites is 1. The molecule has 3 rings (SSSR count). The number of hydrogen-bond donors (Lipinski definition) is 1.